The van der Waals surface area contributed by atoms with Crippen LogP contribution >= 0.6 is 23.7 Å². The SMILES string of the molecule is CC#CC1(CCNCc2sccc2OC)CCOC2(CCCC2)C1.Cl. The second-order valence-corrected chi connectivity index (χ2v) is 8.16. The highest BCUT2D eigenvalue weighted by molar-refractivity contribution is 7.10. The summed E-state index contributed by atoms with van der Waals surface area (Å²) in [6.45, 7) is 4.71. The van der Waals surface area contributed by atoms with Crippen molar-refractivity contribution in [2.24, 2.45) is 5.41 Å². The molecule has 0 aromatic carbocycles. The molecule has 3 rings (SSSR count). The molecule has 1 unspecified atom stereocenters. The van der Waals surface area contributed by atoms with E-state index < -0.39 is 0 Å². The van der Waals surface area contributed by atoms with Gasteiger partial charge in [0.25, 0.3) is 0 Å². The van der Waals surface area contributed by atoms with Crippen molar-refractivity contribution in [2.75, 3.05) is 20.3 Å². The van der Waals surface area contributed by atoms with Gasteiger partial charge in [-0.25, -0.2) is 0 Å². The van der Waals surface area contributed by atoms with Crippen LogP contribution in [0, 0.1) is 17.3 Å². The van der Waals surface area contributed by atoms with E-state index in [-0.39, 0.29) is 23.4 Å². The molecule has 0 bridgehead atoms. The number of hydrogen-bond donors (Lipinski definition) is 1. The van der Waals surface area contributed by atoms with Crippen molar-refractivity contribution >= 4 is 23.7 Å². The summed E-state index contributed by atoms with van der Waals surface area (Å²) >= 11 is 1.75. The number of hydrogen-bond acceptors (Lipinski definition) is 4. The molecule has 1 aliphatic carbocycles. The van der Waals surface area contributed by atoms with Gasteiger partial charge < -0.3 is 14.8 Å². The Kier molecular flexibility index (Phi) is 7.64. The first kappa shape index (κ1) is 20.6. The average Bonchev–Trinajstić information content (AvgIpc) is 3.21. The van der Waals surface area contributed by atoms with E-state index in [4.69, 9.17) is 9.47 Å². The molecule has 25 heavy (non-hydrogen) atoms. The highest BCUT2D eigenvalue weighted by Crippen LogP contribution is 2.48. The number of methoxy groups -OCH3 is 1. The zero-order valence-electron chi connectivity index (χ0n) is 15.4. The Hall–Kier alpha value is -0.730. The van der Waals surface area contributed by atoms with Crippen LogP contribution in [0.5, 0.6) is 5.75 Å². The lowest BCUT2D eigenvalue weighted by Gasteiger charge is -2.44. The third-order valence-corrected chi connectivity index (χ3v) is 6.45. The van der Waals surface area contributed by atoms with Gasteiger partial charge in [-0.05, 0) is 57.0 Å². The van der Waals surface area contributed by atoms with Crippen molar-refractivity contribution < 1.29 is 9.47 Å². The Bertz CT molecular complexity index is 600. The molecule has 0 radical (unpaired) electrons. The zero-order chi connectivity index (χ0) is 16.9. The minimum atomic E-state index is 0. The van der Waals surface area contributed by atoms with Crippen LogP contribution in [0.25, 0.3) is 0 Å². The Morgan fingerprint density at radius 1 is 1.32 bits per heavy atom. The van der Waals surface area contributed by atoms with Crippen molar-refractivity contribution in [3.05, 3.63) is 16.3 Å². The van der Waals surface area contributed by atoms with Crippen molar-refractivity contribution in [3.63, 3.8) is 0 Å². The number of halogens is 1. The summed E-state index contributed by atoms with van der Waals surface area (Å²) in [5, 5.41) is 5.68. The molecular weight excluding hydrogens is 354 g/mol. The quantitative estimate of drug-likeness (QED) is 0.565. The van der Waals surface area contributed by atoms with Crippen LogP contribution < -0.4 is 10.1 Å². The van der Waals surface area contributed by atoms with Gasteiger partial charge in [-0.2, -0.15) is 0 Å². The maximum Gasteiger partial charge on any atom is 0.134 e. The van der Waals surface area contributed by atoms with Crippen LogP contribution in [0.15, 0.2) is 11.4 Å². The van der Waals surface area contributed by atoms with Crippen LogP contribution in [-0.2, 0) is 11.3 Å². The predicted molar refractivity (Wildman–Crippen MR) is 107 cm³/mol. The minimum Gasteiger partial charge on any atom is -0.496 e. The molecule has 1 saturated heterocycles. The summed E-state index contributed by atoms with van der Waals surface area (Å²) in [5.41, 5.74) is 0.253. The van der Waals surface area contributed by atoms with E-state index in [9.17, 15) is 0 Å². The monoisotopic (exact) mass is 383 g/mol. The summed E-state index contributed by atoms with van der Waals surface area (Å²) < 4.78 is 11.6. The highest BCUT2D eigenvalue weighted by atomic mass is 35.5. The summed E-state index contributed by atoms with van der Waals surface area (Å²) in [7, 11) is 1.74. The highest BCUT2D eigenvalue weighted by Gasteiger charge is 2.46. The average molecular weight is 384 g/mol. The molecule has 2 fully saturated rings. The molecular formula is C20H30ClNO2S. The molecule has 1 aromatic rings. The number of ether oxygens (including phenoxy) is 2. The Morgan fingerprint density at radius 3 is 2.84 bits per heavy atom. The maximum absolute atomic E-state index is 6.22. The van der Waals surface area contributed by atoms with E-state index in [0.717, 1.165) is 44.7 Å². The summed E-state index contributed by atoms with van der Waals surface area (Å²) in [6, 6.07) is 2.04. The molecule has 5 heteroatoms. The standard InChI is InChI=1S/C20H29NO2S.ClH/c1-3-7-19(11-13-23-20(16-19)8-4-5-9-20)10-12-21-15-18-17(22-2)6-14-24-18;/h6,14,21H,4-5,8-13,15-16H2,1-2H3;1H. The summed E-state index contributed by atoms with van der Waals surface area (Å²) in [6.07, 6.45) is 8.36. The van der Waals surface area contributed by atoms with Gasteiger partial charge in [-0.3, -0.25) is 0 Å². The molecule has 1 atom stereocenters. The normalized spacial score (nSPS) is 24.4. The molecule has 2 aliphatic rings. The van der Waals surface area contributed by atoms with Crippen LogP contribution in [0.2, 0.25) is 0 Å². The lowest BCUT2D eigenvalue weighted by atomic mass is 9.70. The number of thiophene rings is 1. The van der Waals surface area contributed by atoms with Gasteiger partial charge in [0.2, 0.25) is 0 Å². The van der Waals surface area contributed by atoms with Crippen molar-refractivity contribution in [1.82, 2.24) is 5.32 Å². The van der Waals surface area contributed by atoms with Crippen LogP contribution in [0.1, 0.15) is 56.7 Å². The Balaban J connectivity index is 0.00000225. The zero-order valence-corrected chi connectivity index (χ0v) is 17.0. The van der Waals surface area contributed by atoms with Crippen LogP contribution in [-0.4, -0.2) is 25.9 Å². The Morgan fingerprint density at radius 2 is 2.12 bits per heavy atom. The van der Waals surface area contributed by atoms with E-state index in [0.29, 0.717) is 0 Å². The smallest absolute Gasteiger partial charge is 0.134 e. The molecule has 3 nitrogen and oxygen atoms in total. The van der Waals surface area contributed by atoms with Crippen LogP contribution in [0.3, 0.4) is 0 Å². The van der Waals surface area contributed by atoms with Gasteiger partial charge in [0.1, 0.15) is 5.75 Å². The fourth-order valence-electron chi connectivity index (χ4n) is 4.38. The van der Waals surface area contributed by atoms with E-state index in [1.54, 1.807) is 18.4 Å². The lowest BCUT2D eigenvalue weighted by molar-refractivity contribution is -0.109. The molecule has 1 aromatic heterocycles. The first-order valence-corrected chi connectivity index (χ1v) is 9.98. The van der Waals surface area contributed by atoms with Gasteiger partial charge in [0, 0.05) is 18.6 Å². The van der Waals surface area contributed by atoms with Gasteiger partial charge in [0.15, 0.2) is 0 Å². The van der Waals surface area contributed by atoms with Crippen LogP contribution in [0.4, 0.5) is 0 Å². The molecule has 140 valence electrons. The second kappa shape index (κ2) is 9.28. The first-order valence-electron chi connectivity index (χ1n) is 9.10. The molecule has 1 saturated carbocycles. The number of rotatable bonds is 6. The van der Waals surface area contributed by atoms with Gasteiger partial charge in [-0.15, -0.1) is 29.7 Å². The molecule has 2 heterocycles. The maximum atomic E-state index is 6.22. The third-order valence-electron chi connectivity index (χ3n) is 5.54. The van der Waals surface area contributed by atoms with E-state index in [2.05, 4.69) is 22.5 Å². The fourth-order valence-corrected chi connectivity index (χ4v) is 5.19. The first-order chi connectivity index (χ1) is 11.7. The van der Waals surface area contributed by atoms with E-state index in [1.807, 2.05) is 13.0 Å². The predicted octanol–water partition coefficient (Wildman–Crippen LogP) is 4.79. The van der Waals surface area contributed by atoms with Crippen molar-refractivity contribution in [3.8, 4) is 17.6 Å². The molecule has 0 amide bonds. The third kappa shape index (κ3) is 4.92. The second-order valence-electron chi connectivity index (χ2n) is 7.16. The van der Waals surface area contributed by atoms with Gasteiger partial charge in [-0.1, -0.05) is 18.8 Å². The van der Waals surface area contributed by atoms with E-state index in [1.165, 1.54) is 30.6 Å². The van der Waals surface area contributed by atoms with Crippen molar-refractivity contribution in [1.29, 1.82) is 0 Å². The van der Waals surface area contributed by atoms with Crippen molar-refractivity contribution in [2.45, 2.75) is 64.0 Å². The van der Waals surface area contributed by atoms with Gasteiger partial charge in [0.05, 0.1) is 17.6 Å². The fraction of sp³-hybridized carbons (Fsp3) is 0.700. The van der Waals surface area contributed by atoms with E-state index >= 15 is 0 Å². The van der Waals surface area contributed by atoms with Gasteiger partial charge >= 0.3 is 0 Å². The molecule has 1 spiro atoms. The lowest BCUT2D eigenvalue weighted by Crippen LogP contribution is -2.44. The topological polar surface area (TPSA) is 30.5 Å². The molecule has 1 aliphatic heterocycles. The largest absolute Gasteiger partial charge is 0.496 e. The number of nitrogens with one attached hydrogen (secondary N) is 1. The summed E-state index contributed by atoms with van der Waals surface area (Å²) in [5.74, 6) is 7.77. The summed E-state index contributed by atoms with van der Waals surface area (Å²) in [4.78, 5) is 1.27. The molecule has 1 N–H and O–H groups in total. The minimum absolute atomic E-state index is 0. The Labute approximate surface area is 162 Å².